The molecule has 96 valence electrons. The van der Waals surface area contributed by atoms with Crippen molar-refractivity contribution in [2.45, 2.75) is 32.8 Å². The number of ether oxygens (including phenoxy) is 1. The molecule has 0 N–H and O–H groups in total. The lowest BCUT2D eigenvalue weighted by molar-refractivity contribution is -0.147. The van der Waals surface area contributed by atoms with Crippen molar-refractivity contribution in [3.8, 4) is 0 Å². The van der Waals surface area contributed by atoms with Gasteiger partial charge in [-0.25, -0.2) is 0 Å². The van der Waals surface area contributed by atoms with Crippen LogP contribution in [-0.2, 0) is 14.3 Å². The van der Waals surface area contributed by atoms with E-state index in [1.54, 1.807) is 6.08 Å². The van der Waals surface area contributed by atoms with E-state index in [0.717, 1.165) is 12.8 Å². The summed E-state index contributed by atoms with van der Waals surface area (Å²) in [6.07, 6.45) is 5.42. The Hall–Kier alpha value is -1.38. The van der Waals surface area contributed by atoms with E-state index < -0.39 is 0 Å². The molecule has 0 aromatic carbocycles. The predicted octanol–water partition coefficient (Wildman–Crippen LogP) is 2.28. The van der Waals surface area contributed by atoms with Crippen LogP contribution in [-0.4, -0.2) is 17.9 Å². The number of fused-ring (bicyclic) bond motifs is 3. The molecule has 2 aliphatic carbocycles. The molecule has 1 aliphatic heterocycles. The van der Waals surface area contributed by atoms with Crippen molar-refractivity contribution in [1.82, 2.24) is 0 Å². The van der Waals surface area contributed by atoms with Crippen molar-refractivity contribution >= 4 is 11.8 Å². The minimum absolute atomic E-state index is 0.0197. The molecule has 0 aromatic heterocycles. The third-order valence-corrected chi connectivity index (χ3v) is 5.05. The van der Waals surface area contributed by atoms with E-state index >= 15 is 0 Å². The smallest absolute Gasteiger partial charge is 0.309 e. The van der Waals surface area contributed by atoms with Gasteiger partial charge in [0, 0.05) is 11.8 Å². The standard InChI is InChI=1S/C15H18O3/c1-8-10-4-6-15(3)7-5-11(16)9(2)12(15)13(10)18-14(8)17/h5,7-8,10,12-13H,2,4,6H2,1,3H3/t8-,10-,12-,13-,15-/m0/s1. The minimum atomic E-state index is -0.160. The number of carbonyl (C=O) groups is 2. The van der Waals surface area contributed by atoms with E-state index in [4.69, 9.17) is 4.74 Å². The van der Waals surface area contributed by atoms with Crippen LogP contribution >= 0.6 is 0 Å². The lowest BCUT2D eigenvalue weighted by Gasteiger charge is -2.47. The zero-order valence-electron chi connectivity index (χ0n) is 10.8. The summed E-state index contributed by atoms with van der Waals surface area (Å²) in [5.74, 6) is 0.0143. The molecule has 1 saturated carbocycles. The van der Waals surface area contributed by atoms with E-state index in [0.29, 0.717) is 5.57 Å². The lowest BCUT2D eigenvalue weighted by atomic mass is 9.57. The Morgan fingerprint density at radius 3 is 2.89 bits per heavy atom. The summed E-state index contributed by atoms with van der Waals surface area (Å²) < 4.78 is 5.55. The summed E-state index contributed by atoms with van der Waals surface area (Å²) in [6.45, 7) is 8.01. The second-order valence-electron chi connectivity index (χ2n) is 6.10. The molecule has 3 heteroatoms. The quantitative estimate of drug-likeness (QED) is 0.486. The summed E-state index contributed by atoms with van der Waals surface area (Å²) in [5, 5.41) is 0. The summed E-state index contributed by atoms with van der Waals surface area (Å²) >= 11 is 0. The SMILES string of the molecule is C=C1C(=O)C=C[C@]2(C)CC[C@@H]3[C@H](OC(=O)[C@H]3C)[C@H]12. The normalized spacial score (nSPS) is 46.7. The van der Waals surface area contributed by atoms with Crippen molar-refractivity contribution in [3.63, 3.8) is 0 Å². The summed E-state index contributed by atoms with van der Waals surface area (Å²) in [4.78, 5) is 23.6. The highest BCUT2D eigenvalue weighted by molar-refractivity contribution is 6.05. The van der Waals surface area contributed by atoms with Gasteiger partial charge in [0.1, 0.15) is 6.10 Å². The first kappa shape index (κ1) is 11.7. The first-order valence-corrected chi connectivity index (χ1v) is 6.57. The van der Waals surface area contributed by atoms with Gasteiger partial charge in [-0.1, -0.05) is 26.5 Å². The maximum Gasteiger partial charge on any atom is 0.309 e. The van der Waals surface area contributed by atoms with E-state index in [9.17, 15) is 9.59 Å². The number of hydrogen-bond acceptors (Lipinski definition) is 3. The topological polar surface area (TPSA) is 43.4 Å². The molecular weight excluding hydrogens is 228 g/mol. The van der Waals surface area contributed by atoms with Gasteiger partial charge >= 0.3 is 5.97 Å². The summed E-state index contributed by atoms with van der Waals surface area (Å²) in [5.41, 5.74) is 0.521. The Labute approximate surface area is 107 Å². The number of rotatable bonds is 0. The monoisotopic (exact) mass is 246 g/mol. The molecule has 0 radical (unpaired) electrons. The number of ketones is 1. The van der Waals surface area contributed by atoms with E-state index in [-0.39, 0.29) is 41.0 Å². The van der Waals surface area contributed by atoms with Crippen LogP contribution in [0, 0.1) is 23.2 Å². The van der Waals surface area contributed by atoms with Crippen LogP contribution in [0.1, 0.15) is 26.7 Å². The van der Waals surface area contributed by atoms with Crippen LogP contribution in [0.5, 0.6) is 0 Å². The Morgan fingerprint density at radius 2 is 2.17 bits per heavy atom. The van der Waals surface area contributed by atoms with Gasteiger partial charge in [-0.3, -0.25) is 9.59 Å². The van der Waals surface area contributed by atoms with Crippen LogP contribution in [0.3, 0.4) is 0 Å². The van der Waals surface area contributed by atoms with Crippen molar-refractivity contribution in [2.75, 3.05) is 0 Å². The molecule has 0 spiro atoms. The molecule has 5 atom stereocenters. The molecule has 2 fully saturated rings. The van der Waals surface area contributed by atoms with Gasteiger partial charge < -0.3 is 4.74 Å². The van der Waals surface area contributed by atoms with Crippen LogP contribution in [0.15, 0.2) is 24.3 Å². The molecule has 3 rings (SSSR count). The molecule has 1 saturated heterocycles. The molecule has 3 nitrogen and oxygen atoms in total. The molecule has 18 heavy (non-hydrogen) atoms. The Kier molecular flexibility index (Phi) is 2.31. The highest BCUT2D eigenvalue weighted by atomic mass is 16.6. The molecule has 0 aromatic rings. The van der Waals surface area contributed by atoms with Gasteiger partial charge in [-0.15, -0.1) is 0 Å². The molecule has 0 amide bonds. The summed E-state index contributed by atoms with van der Waals surface area (Å²) in [7, 11) is 0. The first-order chi connectivity index (χ1) is 8.44. The second kappa shape index (κ2) is 3.56. The Morgan fingerprint density at radius 1 is 1.44 bits per heavy atom. The van der Waals surface area contributed by atoms with Gasteiger partial charge in [0.2, 0.25) is 0 Å². The fourth-order valence-electron chi connectivity index (χ4n) is 3.84. The number of carbonyl (C=O) groups excluding carboxylic acids is 2. The highest BCUT2D eigenvalue weighted by Gasteiger charge is 2.56. The molecular formula is C15H18O3. The third-order valence-electron chi connectivity index (χ3n) is 5.05. The van der Waals surface area contributed by atoms with Gasteiger partial charge in [0.15, 0.2) is 5.78 Å². The van der Waals surface area contributed by atoms with Crippen LogP contribution < -0.4 is 0 Å². The van der Waals surface area contributed by atoms with Crippen molar-refractivity contribution < 1.29 is 14.3 Å². The van der Waals surface area contributed by atoms with E-state index in [1.165, 1.54) is 0 Å². The van der Waals surface area contributed by atoms with Crippen molar-refractivity contribution in [3.05, 3.63) is 24.3 Å². The van der Waals surface area contributed by atoms with Gasteiger partial charge in [0.25, 0.3) is 0 Å². The number of allylic oxidation sites excluding steroid dienone is 2. The minimum Gasteiger partial charge on any atom is -0.461 e. The average molecular weight is 246 g/mol. The van der Waals surface area contributed by atoms with Gasteiger partial charge in [0.05, 0.1) is 5.92 Å². The largest absolute Gasteiger partial charge is 0.461 e. The fourth-order valence-corrected chi connectivity index (χ4v) is 3.84. The second-order valence-corrected chi connectivity index (χ2v) is 6.10. The third kappa shape index (κ3) is 1.36. The van der Waals surface area contributed by atoms with Gasteiger partial charge in [-0.05, 0) is 29.9 Å². The van der Waals surface area contributed by atoms with Crippen molar-refractivity contribution in [1.29, 1.82) is 0 Å². The zero-order chi connectivity index (χ0) is 13.1. The zero-order valence-corrected chi connectivity index (χ0v) is 10.8. The highest BCUT2D eigenvalue weighted by Crippen LogP contribution is 2.54. The maximum absolute atomic E-state index is 11.8. The summed E-state index contributed by atoms with van der Waals surface area (Å²) in [6, 6.07) is 0. The molecule has 3 aliphatic rings. The average Bonchev–Trinajstić information content (AvgIpc) is 2.60. The van der Waals surface area contributed by atoms with Crippen molar-refractivity contribution in [2.24, 2.45) is 23.2 Å². The lowest BCUT2D eigenvalue weighted by Crippen LogP contribution is -2.47. The Balaban J connectivity index is 2.03. The van der Waals surface area contributed by atoms with E-state index in [1.807, 2.05) is 13.0 Å². The molecule has 0 unspecified atom stereocenters. The predicted molar refractivity (Wildman–Crippen MR) is 66.7 cm³/mol. The fraction of sp³-hybridized carbons (Fsp3) is 0.600. The van der Waals surface area contributed by atoms with Crippen LogP contribution in [0.25, 0.3) is 0 Å². The number of hydrogen-bond donors (Lipinski definition) is 0. The molecule has 0 bridgehead atoms. The van der Waals surface area contributed by atoms with E-state index in [2.05, 4.69) is 13.5 Å². The number of esters is 1. The first-order valence-electron chi connectivity index (χ1n) is 6.57. The van der Waals surface area contributed by atoms with Crippen LogP contribution in [0.4, 0.5) is 0 Å². The maximum atomic E-state index is 11.8. The van der Waals surface area contributed by atoms with Gasteiger partial charge in [-0.2, -0.15) is 0 Å². The Bertz CT molecular complexity index is 476. The van der Waals surface area contributed by atoms with Crippen LogP contribution in [0.2, 0.25) is 0 Å². The molecule has 1 heterocycles.